The number of carbonyl (C=O) groups excluding carboxylic acids is 1. The molecule has 25 heavy (non-hydrogen) atoms. The summed E-state index contributed by atoms with van der Waals surface area (Å²) in [7, 11) is -3.55. The zero-order valence-electron chi connectivity index (χ0n) is 14.6. The highest BCUT2D eigenvalue weighted by molar-refractivity contribution is 7.89. The summed E-state index contributed by atoms with van der Waals surface area (Å²) in [5.41, 5.74) is 0. The first-order chi connectivity index (χ1) is 12.1. The van der Waals surface area contributed by atoms with Gasteiger partial charge in [-0.2, -0.15) is 0 Å². The van der Waals surface area contributed by atoms with Gasteiger partial charge in [-0.05, 0) is 31.4 Å². The van der Waals surface area contributed by atoms with Crippen LogP contribution in [0.1, 0.15) is 44.9 Å². The molecule has 0 aliphatic heterocycles. The van der Waals surface area contributed by atoms with Gasteiger partial charge in [-0.3, -0.25) is 4.79 Å². The predicted octanol–water partition coefficient (Wildman–Crippen LogP) is 2.21. The molecule has 140 valence electrons. The minimum atomic E-state index is -3.55. The van der Waals surface area contributed by atoms with E-state index in [1.165, 1.54) is 31.4 Å². The monoisotopic (exact) mass is 368 g/mol. The first-order valence-corrected chi connectivity index (χ1v) is 10.5. The lowest BCUT2D eigenvalue weighted by molar-refractivity contribution is -0.121. The highest BCUT2D eigenvalue weighted by Crippen LogP contribution is 2.20. The molecule has 2 N–H and O–H groups in total. The smallest absolute Gasteiger partial charge is 0.240 e. The number of rotatable bonds is 10. The fraction of sp³-hybridized carbons (Fsp3) is 0.611. The van der Waals surface area contributed by atoms with Crippen molar-refractivity contribution in [2.45, 2.75) is 55.9 Å². The van der Waals surface area contributed by atoms with E-state index in [4.69, 9.17) is 4.74 Å². The van der Waals surface area contributed by atoms with E-state index >= 15 is 0 Å². The number of nitrogens with one attached hydrogen (secondary N) is 2. The Kier molecular flexibility index (Phi) is 8.37. The van der Waals surface area contributed by atoms with Gasteiger partial charge in [-0.1, -0.05) is 37.5 Å². The molecule has 1 aromatic rings. The van der Waals surface area contributed by atoms with Gasteiger partial charge in [0.05, 0.1) is 11.0 Å². The van der Waals surface area contributed by atoms with Crippen LogP contribution in [0.4, 0.5) is 0 Å². The van der Waals surface area contributed by atoms with Crippen LogP contribution < -0.4 is 10.0 Å². The number of hydrogen-bond acceptors (Lipinski definition) is 4. The fourth-order valence-corrected chi connectivity index (χ4v) is 3.90. The molecule has 1 aliphatic rings. The SMILES string of the molecule is O=C(CCNS(=O)(=O)c1ccccc1)NCCCOC1CCCCC1. The Bertz CT molecular complexity index is 613. The van der Waals surface area contributed by atoms with Crippen molar-refractivity contribution in [1.82, 2.24) is 10.0 Å². The van der Waals surface area contributed by atoms with Crippen molar-refractivity contribution < 1.29 is 17.9 Å². The van der Waals surface area contributed by atoms with Crippen LogP contribution in [-0.4, -0.2) is 40.1 Å². The first-order valence-electron chi connectivity index (χ1n) is 9.01. The van der Waals surface area contributed by atoms with E-state index in [0.29, 0.717) is 19.3 Å². The highest BCUT2D eigenvalue weighted by Gasteiger charge is 2.14. The first kappa shape index (κ1) is 19.9. The standard InChI is InChI=1S/C18H28N2O4S/c21-18(19-13-7-15-24-16-8-3-1-4-9-16)12-14-20-25(22,23)17-10-5-2-6-11-17/h2,5-6,10-11,16,20H,1,3-4,7-9,12-15H2,(H,19,21). The molecule has 6 nitrogen and oxygen atoms in total. The van der Waals surface area contributed by atoms with Gasteiger partial charge in [0, 0.05) is 26.1 Å². The van der Waals surface area contributed by atoms with Crippen molar-refractivity contribution in [3.05, 3.63) is 30.3 Å². The number of benzene rings is 1. The maximum Gasteiger partial charge on any atom is 0.240 e. The Morgan fingerprint density at radius 1 is 1.08 bits per heavy atom. The molecule has 0 unspecified atom stereocenters. The second kappa shape index (κ2) is 10.5. The molecular formula is C18H28N2O4S. The Labute approximate surface area is 150 Å². The Balaban J connectivity index is 1.53. The predicted molar refractivity (Wildman–Crippen MR) is 96.7 cm³/mol. The zero-order chi connectivity index (χ0) is 18.0. The van der Waals surface area contributed by atoms with Gasteiger partial charge in [-0.15, -0.1) is 0 Å². The Hall–Kier alpha value is -1.44. The second-order valence-electron chi connectivity index (χ2n) is 6.30. The van der Waals surface area contributed by atoms with Gasteiger partial charge in [0.25, 0.3) is 0 Å². The second-order valence-corrected chi connectivity index (χ2v) is 8.06. The molecular weight excluding hydrogens is 340 g/mol. The summed E-state index contributed by atoms with van der Waals surface area (Å²) in [6, 6.07) is 8.13. The van der Waals surface area contributed by atoms with Gasteiger partial charge in [-0.25, -0.2) is 13.1 Å². The average Bonchev–Trinajstić information content (AvgIpc) is 2.63. The van der Waals surface area contributed by atoms with Gasteiger partial charge < -0.3 is 10.1 Å². The third kappa shape index (κ3) is 7.54. The molecule has 0 atom stereocenters. The van der Waals surface area contributed by atoms with E-state index in [1.54, 1.807) is 18.2 Å². The maximum absolute atomic E-state index is 12.0. The van der Waals surface area contributed by atoms with Gasteiger partial charge >= 0.3 is 0 Å². The van der Waals surface area contributed by atoms with E-state index in [-0.39, 0.29) is 23.8 Å². The van der Waals surface area contributed by atoms with Crippen LogP contribution in [0.25, 0.3) is 0 Å². The zero-order valence-corrected chi connectivity index (χ0v) is 15.4. The lowest BCUT2D eigenvalue weighted by Gasteiger charge is -2.21. The minimum absolute atomic E-state index is 0.0850. The van der Waals surface area contributed by atoms with Crippen LogP contribution in [0.15, 0.2) is 35.2 Å². The Morgan fingerprint density at radius 3 is 2.52 bits per heavy atom. The van der Waals surface area contributed by atoms with E-state index in [0.717, 1.165) is 19.3 Å². The summed E-state index contributed by atoms with van der Waals surface area (Å²) in [5.74, 6) is -0.159. The lowest BCUT2D eigenvalue weighted by Crippen LogP contribution is -2.31. The molecule has 2 rings (SSSR count). The van der Waals surface area contributed by atoms with Crippen LogP contribution in [0.5, 0.6) is 0 Å². The van der Waals surface area contributed by atoms with Crippen LogP contribution in [0.2, 0.25) is 0 Å². The third-order valence-corrected chi connectivity index (χ3v) is 5.72. The lowest BCUT2D eigenvalue weighted by atomic mass is 9.98. The molecule has 0 aromatic heterocycles. The van der Waals surface area contributed by atoms with Crippen molar-refractivity contribution in [2.75, 3.05) is 19.7 Å². The molecule has 1 fully saturated rings. The summed E-state index contributed by atoms with van der Waals surface area (Å²) in [6.45, 7) is 1.30. The topological polar surface area (TPSA) is 84.5 Å². The summed E-state index contributed by atoms with van der Waals surface area (Å²) in [4.78, 5) is 11.9. The van der Waals surface area contributed by atoms with E-state index < -0.39 is 10.0 Å². The summed E-state index contributed by atoms with van der Waals surface area (Å²) in [6.07, 6.45) is 7.39. The minimum Gasteiger partial charge on any atom is -0.378 e. The number of hydrogen-bond donors (Lipinski definition) is 2. The Morgan fingerprint density at radius 2 is 1.80 bits per heavy atom. The molecule has 0 heterocycles. The molecule has 1 amide bonds. The highest BCUT2D eigenvalue weighted by atomic mass is 32.2. The number of sulfonamides is 1. The number of carbonyl (C=O) groups is 1. The third-order valence-electron chi connectivity index (χ3n) is 4.25. The molecule has 0 saturated heterocycles. The fourth-order valence-electron chi connectivity index (χ4n) is 2.85. The summed E-state index contributed by atoms with van der Waals surface area (Å²) < 4.78 is 32.2. The summed E-state index contributed by atoms with van der Waals surface area (Å²) in [5, 5.41) is 2.79. The van der Waals surface area contributed by atoms with Crippen LogP contribution in [-0.2, 0) is 19.6 Å². The van der Waals surface area contributed by atoms with Crippen LogP contribution in [0, 0.1) is 0 Å². The molecule has 1 aliphatic carbocycles. The molecule has 1 aromatic carbocycles. The molecule has 0 radical (unpaired) electrons. The van der Waals surface area contributed by atoms with Crippen molar-refractivity contribution in [3.63, 3.8) is 0 Å². The van der Waals surface area contributed by atoms with Crippen molar-refractivity contribution in [3.8, 4) is 0 Å². The van der Waals surface area contributed by atoms with Crippen LogP contribution in [0.3, 0.4) is 0 Å². The molecule has 7 heteroatoms. The average molecular weight is 368 g/mol. The van der Waals surface area contributed by atoms with Crippen molar-refractivity contribution in [2.24, 2.45) is 0 Å². The van der Waals surface area contributed by atoms with Gasteiger partial charge in [0.2, 0.25) is 15.9 Å². The maximum atomic E-state index is 12.0. The molecule has 1 saturated carbocycles. The molecule has 0 bridgehead atoms. The summed E-state index contributed by atoms with van der Waals surface area (Å²) >= 11 is 0. The number of amides is 1. The van der Waals surface area contributed by atoms with E-state index in [1.807, 2.05) is 0 Å². The molecule has 0 spiro atoms. The van der Waals surface area contributed by atoms with E-state index in [2.05, 4.69) is 10.0 Å². The quantitative estimate of drug-likeness (QED) is 0.620. The van der Waals surface area contributed by atoms with Crippen molar-refractivity contribution >= 4 is 15.9 Å². The van der Waals surface area contributed by atoms with Crippen molar-refractivity contribution in [1.29, 1.82) is 0 Å². The van der Waals surface area contributed by atoms with Gasteiger partial charge in [0.15, 0.2) is 0 Å². The number of ether oxygens (including phenoxy) is 1. The normalized spacial score (nSPS) is 15.8. The van der Waals surface area contributed by atoms with Crippen LogP contribution >= 0.6 is 0 Å². The van der Waals surface area contributed by atoms with E-state index in [9.17, 15) is 13.2 Å². The largest absolute Gasteiger partial charge is 0.378 e. The van der Waals surface area contributed by atoms with Gasteiger partial charge in [0.1, 0.15) is 0 Å².